The van der Waals surface area contributed by atoms with Crippen LogP contribution in [0.2, 0.25) is 0 Å². The van der Waals surface area contributed by atoms with Gasteiger partial charge in [-0.05, 0) is 80.4 Å². The Bertz CT molecular complexity index is 1650. The van der Waals surface area contributed by atoms with Crippen molar-refractivity contribution in [2.75, 3.05) is 17.5 Å². The summed E-state index contributed by atoms with van der Waals surface area (Å²) in [5.41, 5.74) is 1.69. The van der Waals surface area contributed by atoms with E-state index in [1.165, 1.54) is 29.2 Å². The number of carbonyl (C=O) groups excluding carboxylic acids is 2. The lowest BCUT2D eigenvalue weighted by Gasteiger charge is -2.34. The molecule has 0 aliphatic rings. The number of para-hydroxylation sites is 1. The van der Waals surface area contributed by atoms with Gasteiger partial charge in [-0.15, -0.1) is 0 Å². The summed E-state index contributed by atoms with van der Waals surface area (Å²) in [5.74, 6) is -0.904. The number of anilines is 1. The predicted molar refractivity (Wildman–Crippen MR) is 173 cm³/mol. The van der Waals surface area contributed by atoms with Gasteiger partial charge in [0.1, 0.15) is 24.2 Å². The lowest BCUT2D eigenvalue weighted by molar-refractivity contribution is -0.140. The number of amides is 2. The van der Waals surface area contributed by atoms with Crippen LogP contribution in [-0.2, 0) is 32.6 Å². The van der Waals surface area contributed by atoms with E-state index in [9.17, 15) is 22.4 Å². The van der Waals surface area contributed by atoms with E-state index in [2.05, 4.69) is 5.32 Å². The van der Waals surface area contributed by atoms with Crippen LogP contribution in [0.4, 0.5) is 10.1 Å². The van der Waals surface area contributed by atoms with Crippen LogP contribution in [-0.4, -0.2) is 50.4 Å². The normalized spacial score (nSPS) is 11.9. The van der Waals surface area contributed by atoms with Crippen LogP contribution in [0.15, 0.2) is 114 Å². The number of hydrogen-bond donors (Lipinski definition) is 1. The van der Waals surface area contributed by atoms with Gasteiger partial charge in [-0.3, -0.25) is 13.9 Å². The van der Waals surface area contributed by atoms with Gasteiger partial charge in [0, 0.05) is 19.0 Å². The molecule has 0 unspecified atom stereocenters. The van der Waals surface area contributed by atoms with Crippen LogP contribution >= 0.6 is 0 Å². The number of rotatable bonds is 14. The summed E-state index contributed by atoms with van der Waals surface area (Å²) in [6, 6.07) is 28.1. The van der Waals surface area contributed by atoms with Gasteiger partial charge in [0.25, 0.3) is 10.0 Å². The third kappa shape index (κ3) is 8.92. The predicted octanol–water partition coefficient (Wildman–Crippen LogP) is 5.58. The van der Waals surface area contributed by atoms with E-state index in [4.69, 9.17) is 4.74 Å². The van der Waals surface area contributed by atoms with Gasteiger partial charge in [0.15, 0.2) is 0 Å². The Kier molecular flexibility index (Phi) is 11.3. The molecule has 4 aromatic carbocycles. The van der Waals surface area contributed by atoms with E-state index in [1.807, 2.05) is 51.1 Å². The first-order chi connectivity index (χ1) is 21.6. The lowest BCUT2D eigenvalue weighted by atomic mass is 10.0. The van der Waals surface area contributed by atoms with Crippen molar-refractivity contribution in [3.8, 4) is 5.75 Å². The molecule has 4 aromatic rings. The topological polar surface area (TPSA) is 96.0 Å². The van der Waals surface area contributed by atoms with Gasteiger partial charge >= 0.3 is 0 Å². The Morgan fingerprint density at radius 1 is 0.822 bits per heavy atom. The Balaban J connectivity index is 1.77. The average molecular weight is 632 g/mol. The third-order valence-corrected chi connectivity index (χ3v) is 8.80. The van der Waals surface area contributed by atoms with Crippen LogP contribution in [0.25, 0.3) is 0 Å². The molecular formula is C35H38FN3O5S. The van der Waals surface area contributed by atoms with Crippen LogP contribution in [0.5, 0.6) is 5.75 Å². The monoisotopic (exact) mass is 631 g/mol. The highest BCUT2D eigenvalue weighted by molar-refractivity contribution is 7.92. The summed E-state index contributed by atoms with van der Waals surface area (Å²) >= 11 is 0. The van der Waals surface area contributed by atoms with E-state index in [0.717, 1.165) is 9.87 Å². The number of hydrogen-bond acceptors (Lipinski definition) is 5. The van der Waals surface area contributed by atoms with Gasteiger partial charge in [0.05, 0.1) is 17.2 Å². The molecule has 1 N–H and O–H groups in total. The van der Waals surface area contributed by atoms with E-state index >= 15 is 0 Å². The highest BCUT2D eigenvalue weighted by atomic mass is 32.2. The van der Waals surface area contributed by atoms with Crippen molar-refractivity contribution in [3.05, 3.63) is 126 Å². The molecular weight excluding hydrogens is 593 g/mol. The quantitative estimate of drug-likeness (QED) is 0.196. The molecule has 0 bridgehead atoms. The summed E-state index contributed by atoms with van der Waals surface area (Å²) in [6.45, 7) is 5.27. The highest BCUT2D eigenvalue weighted by Crippen LogP contribution is 2.26. The number of ether oxygens (including phenoxy) is 1. The smallest absolute Gasteiger partial charge is 0.264 e. The molecule has 0 aliphatic heterocycles. The number of nitrogens with one attached hydrogen (secondary N) is 1. The maximum absolute atomic E-state index is 14.4. The fourth-order valence-corrected chi connectivity index (χ4v) is 6.26. The van der Waals surface area contributed by atoms with Crippen molar-refractivity contribution in [2.45, 2.75) is 50.7 Å². The Morgan fingerprint density at radius 2 is 1.42 bits per heavy atom. The minimum atomic E-state index is -4.24. The maximum Gasteiger partial charge on any atom is 0.264 e. The highest BCUT2D eigenvalue weighted by Gasteiger charge is 2.34. The van der Waals surface area contributed by atoms with Gasteiger partial charge in [0.2, 0.25) is 11.8 Å². The number of halogens is 1. The summed E-state index contributed by atoms with van der Waals surface area (Å²) < 4.78 is 48.5. The molecule has 1 atom stereocenters. The summed E-state index contributed by atoms with van der Waals surface area (Å²) in [6.07, 6.45) is 0.184. The zero-order valence-electron chi connectivity index (χ0n) is 25.6. The van der Waals surface area contributed by atoms with Gasteiger partial charge < -0.3 is 15.0 Å². The first-order valence-corrected chi connectivity index (χ1v) is 16.2. The minimum absolute atomic E-state index is 0.0222. The standard InChI is InChI=1S/C35H38FN3O5S/c1-4-44-31-19-21-32(22-20-31)45(42,43)39(30-13-9-6-10-14-30)25-34(40)38(24-28-15-17-29(36)18-16-28)33(35(41)37-26(2)3)23-27-11-7-5-8-12-27/h5-22,26,33H,4,23-25H2,1-3H3,(H,37,41)/t33-/m1/s1. The number of benzene rings is 4. The molecule has 0 aromatic heterocycles. The first kappa shape index (κ1) is 33.2. The van der Waals surface area contributed by atoms with E-state index in [1.54, 1.807) is 54.6 Å². The van der Waals surface area contributed by atoms with Crippen LogP contribution in [0.3, 0.4) is 0 Å². The van der Waals surface area contributed by atoms with Crippen molar-refractivity contribution in [3.63, 3.8) is 0 Å². The lowest BCUT2D eigenvalue weighted by Crippen LogP contribution is -2.54. The fourth-order valence-electron chi connectivity index (χ4n) is 4.85. The molecule has 0 fully saturated rings. The SMILES string of the molecule is CCOc1ccc(S(=O)(=O)N(CC(=O)N(Cc2ccc(F)cc2)[C@H](Cc2ccccc2)C(=O)NC(C)C)c2ccccc2)cc1. The van der Waals surface area contributed by atoms with E-state index < -0.39 is 34.3 Å². The first-order valence-electron chi connectivity index (χ1n) is 14.8. The number of sulfonamides is 1. The Morgan fingerprint density at radius 3 is 2.00 bits per heavy atom. The molecule has 8 nitrogen and oxygen atoms in total. The third-order valence-electron chi connectivity index (χ3n) is 7.01. The molecule has 4 rings (SSSR count). The molecule has 236 valence electrons. The zero-order valence-corrected chi connectivity index (χ0v) is 26.4. The van der Waals surface area contributed by atoms with Crippen molar-refractivity contribution in [2.24, 2.45) is 0 Å². The molecule has 2 amide bonds. The summed E-state index contributed by atoms with van der Waals surface area (Å²) in [5, 5.41) is 2.91. The minimum Gasteiger partial charge on any atom is -0.494 e. The summed E-state index contributed by atoms with van der Waals surface area (Å²) in [4.78, 5) is 29.4. The molecule has 0 spiro atoms. The molecule has 0 heterocycles. The second-order valence-electron chi connectivity index (χ2n) is 10.8. The largest absolute Gasteiger partial charge is 0.494 e. The van der Waals surface area contributed by atoms with Crippen molar-refractivity contribution >= 4 is 27.5 Å². The van der Waals surface area contributed by atoms with Crippen molar-refractivity contribution in [1.82, 2.24) is 10.2 Å². The summed E-state index contributed by atoms with van der Waals surface area (Å²) in [7, 11) is -4.24. The van der Waals surface area contributed by atoms with Crippen molar-refractivity contribution in [1.29, 1.82) is 0 Å². The second kappa shape index (κ2) is 15.3. The zero-order chi connectivity index (χ0) is 32.4. The van der Waals surface area contributed by atoms with Gasteiger partial charge in [-0.2, -0.15) is 0 Å². The molecule has 45 heavy (non-hydrogen) atoms. The molecule has 0 saturated heterocycles. The Labute approximate surface area is 264 Å². The van der Waals surface area contributed by atoms with Crippen LogP contribution in [0.1, 0.15) is 31.9 Å². The maximum atomic E-state index is 14.4. The van der Waals surface area contributed by atoms with Crippen LogP contribution in [0, 0.1) is 5.82 Å². The van der Waals surface area contributed by atoms with Crippen molar-refractivity contribution < 1.29 is 27.1 Å². The molecule has 0 aliphatic carbocycles. The Hall–Kier alpha value is -4.70. The number of nitrogens with zero attached hydrogens (tertiary/aromatic N) is 2. The second-order valence-corrected chi connectivity index (χ2v) is 12.6. The average Bonchev–Trinajstić information content (AvgIpc) is 3.03. The fraction of sp³-hybridized carbons (Fsp3) is 0.257. The van der Waals surface area contributed by atoms with E-state index in [-0.39, 0.29) is 35.5 Å². The number of carbonyl (C=O) groups is 2. The molecule has 10 heteroatoms. The molecule has 0 radical (unpaired) electrons. The molecule has 0 saturated carbocycles. The van der Waals surface area contributed by atoms with E-state index in [0.29, 0.717) is 17.9 Å². The van der Waals surface area contributed by atoms with Gasteiger partial charge in [-0.1, -0.05) is 60.7 Å². The van der Waals surface area contributed by atoms with Gasteiger partial charge in [-0.25, -0.2) is 12.8 Å². The van der Waals surface area contributed by atoms with Crippen LogP contribution < -0.4 is 14.4 Å².